The molecule has 0 saturated heterocycles. The molecule has 0 radical (unpaired) electrons. The molecule has 2 aromatic rings. The third kappa shape index (κ3) is 2.51. The Labute approximate surface area is 102 Å². The van der Waals surface area contributed by atoms with Gasteiger partial charge in [-0.15, -0.1) is 0 Å². The fourth-order valence-electron chi connectivity index (χ4n) is 1.40. The van der Waals surface area contributed by atoms with Gasteiger partial charge in [0, 0.05) is 11.6 Å². The summed E-state index contributed by atoms with van der Waals surface area (Å²) >= 11 is 0. The second kappa shape index (κ2) is 4.66. The molecule has 0 aliphatic carbocycles. The third-order valence-electron chi connectivity index (χ3n) is 2.24. The second-order valence-electron chi connectivity index (χ2n) is 3.59. The molecule has 2 rings (SSSR count). The van der Waals surface area contributed by atoms with Crippen LogP contribution in [-0.4, -0.2) is 14.9 Å². The van der Waals surface area contributed by atoms with Crippen LogP contribution in [0.3, 0.4) is 0 Å². The van der Waals surface area contributed by atoms with E-state index in [1.807, 2.05) is 0 Å². The molecule has 0 saturated carbocycles. The summed E-state index contributed by atoms with van der Waals surface area (Å²) in [6.07, 6.45) is 2.75. The van der Waals surface area contributed by atoms with Gasteiger partial charge in [-0.1, -0.05) is 0 Å². The molecular weight excluding hydrogens is 236 g/mol. The fraction of sp³-hybridized carbons (Fsp3) is 0.0909. The van der Waals surface area contributed by atoms with Crippen molar-refractivity contribution in [1.82, 2.24) is 9.97 Å². The molecule has 92 valence electrons. The Balaban J connectivity index is 2.22. The lowest BCUT2D eigenvalue weighted by Gasteiger charge is -2.05. The zero-order valence-corrected chi connectivity index (χ0v) is 9.53. The first kappa shape index (κ1) is 11.8. The Morgan fingerprint density at radius 2 is 2.11 bits per heavy atom. The molecular formula is C11H10N4O3. The largest absolute Gasteiger partial charge is 0.437 e. The summed E-state index contributed by atoms with van der Waals surface area (Å²) in [6, 6.07) is 4.45. The van der Waals surface area contributed by atoms with E-state index in [9.17, 15) is 10.1 Å². The number of anilines is 1. The first-order valence-electron chi connectivity index (χ1n) is 5.06. The first-order valence-corrected chi connectivity index (χ1v) is 5.06. The van der Waals surface area contributed by atoms with Gasteiger partial charge >= 0.3 is 0 Å². The number of nitrogens with zero attached hydrogens (tertiary/aromatic N) is 3. The number of rotatable bonds is 3. The first-order chi connectivity index (χ1) is 8.56. The van der Waals surface area contributed by atoms with Crippen molar-refractivity contribution in [3.8, 4) is 11.6 Å². The van der Waals surface area contributed by atoms with Crippen molar-refractivity contribution in [3.63, 3.8) is 0 Å². The number of nitro benzene ring substituents is 1. The van der Waals surface area contributed by atoms with E-state index in [-0.39, 0.29) is 11.6 Å². The van der Waals surface area contributed by atoms with Crippen LogP contribution >= 0.6 is 0 Å². The number of nitrogens with two attached hydrogens (primary N) is 1. The molecule has 1 heterocycles. The minimum absolute atomic E-state index is 0.0470. The topological polar surface area (TPSA) is 104 Å². The maximum Gasteiger partial charge on any atom is 0.272 e. The lowest BCUT2D eigenvalue weighted by atomic mass is 10.2. The van der Waals surface area contributed by atoms with Gasteiger partial charge in [-0.2, -0.15) is 0 Å². The Morgan fingerprint density at radius 3 is 2.67 bits per heavy atom. The van der Waals surface area contributed by atoms with Crippen molar-refractivity contribution in [2.24, 2.45) is 0 Å². The van der Waals surface area contributed by atoms with Crippen molar-refractivity contribution < 1.29 is 9.66 Å². The standard InChI is InChI=1S/C11H10N4O3/c1-7-4-8(2-3-9(7)15(16)17)18-11-6-13-10(12)5-14-11/h2-6H,1H3,(H2,12,13). The van der Waals surface area contributed by atoms with Crippen LogP contribution in [0, 0.1) is 17.0 Å². The highest BCUT2D eigenvalue weighted by Crippen LogP contribution is 2.25. The summed E-state index contributed by atoms with van der Waals surface area (Å²) in [4.78, 5) is 18.0. The molecule has 0 unspecified atom stereocenters. The molecule has 0 amide bonds. The van der Waals surface area contributed by atoms with Crippen LogP contribution in [0.4, 0.5) is 11.5 Å². The van der Waals surface area contributed by atoms with Gasteiger partial charge in [0.2, 0.25) is 5.88 Å². The number of nitro groups is 1. The van der Waals surface area contributed by atoms with Crippen molar-refractivity contribution in [2.45, 2.75) is 6.92 Å². The minimum atomic E-state index is -0.442. The van der Waals surface area contributed by atoms with Gasteiger partial charge in [-0.25, -0.2) is 9.97 Å². The summed E-state index contributed by atoms with van der Waals surface area (Å²) in [6.45, 7) is 1.64. The van der Waals surface area contributed by atoms with Crippen molar-refractivity contribution in [2.75, 3.05) is 5.73 Å². The van der Waals surface area contributed by atoms with Crippen LogP contribution in [0.5, 0.6) is 11.6 Å². The Morgan fingerprint density at radius 1 is 1.33 bits per heavy atom. The summed E-state index contributed by atoms with van der Waals surface area (Å²) in [5.74, 6) is 1.02. The highest BCUT2D eigenvalue weighted by molar-refractivity contribution is 5.45. The average Bonchev–Trinajstić information content (AvgIpc) is 2.32. The normalized spacial score (nSPS) is 10.1. The Hall–Kier alpha value is -2.70. The Kier molecular flexibility index (Phi) is 3.05. The smallest absolute Gasteiger partial charge is 0.272 e. The van der Waals surface area contributed by atoms with Gasteiger partial charge in [-0.3, -0.25) is 10.1 Å². The lowest BCUT2D eigenvalue weighted by molar-refractivity contribution is -0.385. The number of aromatic nitrogens is 2. The summed E-state index contributed by atoms with van der Waals surface area (Å²) in [7, 11) is 0. The van der Waals surface area contributed by atoms with E-state index >= 15 is 0 Å². The van der Waals surface area contributed by atoms with Crippen molar-refractivity contribution in [1.29, 1.82) is 0 Å². The molecule has 0 fully saturated rings. The van der Waals surface area contributed by atoms with E-state index in [4.69, 9.17) is 10.5 Å². The molecule has 0 atom stereocenters. The van der Waals surface area contributed by atoms with E-state index < -0.39 is 4.92 Å². The molecule has 1 aromatic carbocycles. The van der Waals surface area contributed by atoms with Crippen LogP contribution in [0.2, 0.25) is 0 Å². The number of ether oxygens (including phenoxy) is 1. The van der Waals surface area contributed by atoms with Crippen LogP contribution in [-0.2, 0) is 0 Å². The summed E-state index contributed by atoms with van der Waals surface area (Å²) < 4.78 is 5.40. The van der Waals surface area contributed by atoms with E-state index in [1.54, 1.807) is 13.0 Å². The van der Waals surface area contributed by atoms with E-state index in [2.05, 4.69) is 9.97 Å². The van der Waals surface area contributed by atoms with Crippen LogP contribution < -0.4 is 10.5 Å². The maximum atomic E-state index is 10.7. The highest BCUT2D eigenvalue weighted by atomic mass is 16.6. The third-order valence-corrected chi connectivity index (χ3v) is 2.24. The molecule has 2 N–H and O–H groups in total. The molecule has 7 heteroatoms. The predicted octanol–water partition coefficient (Wildman–Crippen LogP) is 2.07. The van der Waals surface area contributed by atoms with E-state index in [0.29, 0.717) is 17.1 Å². The minimum Gasteiger partial charge on any atom is -0.437 e. The maximum absolute atomic E-state index is 10.7. The Bertz CT molecular complexity index is 583. The molecule has 18 heavy (non-hydrogen) atoms. The van der Waals surface area contributed by atoms with Crippen LogP contribution in [0.25, 0.3) is 0 Å². The SMILES string of the molecule is Cc1cc(Oc2cnc(N)cn2)ccc1[N+](=O)[O-]. The number of aryl methyl sites for hydroxylation is 1. The zero-order valence-electron chi connectivity index (χ0n) is 9.53. The van der Waals surface area contributed by atoms with Crippen molar-refractivity contribution >= 4 is 11.5 Å². The van der Waals surface area contributed by atoms with Gasteiger partial charge < -0.3 is 10.5 Å². The molecule has 0 bridgehead atoms. The van der Waals surface area contributed by atoms with Crippen LogP contribution in [0.15, 0.2) is 30.6 Å². The van der Waals surface area contributed by atoms with Gasteiger partial charge in [0.05, 0.1) is 17.3 Å². The van der Waals surface area contributed by atoms with E-state index in [1.165, 1.54) is 24.5 Å². The quantitative estimate of drug-likeness (QED) is 0.656. The highest BCUT2D eigenvalue weighted by Gasteiger charge is 2.11. The molecule has 0 spiro atoms. The number of hydrogen-bond acceptors (Lipinski definition) is 6. The zero-order chi connectivity index (χ0) is 13.1. The fourth-order valence-corrected chi connectivity index (χ4v) is 1.40. The average molecular weight is 246 g/mol. The van der Waals surface area contributed by atoms with E-state index in [0.717, 1.165) is 0 Å². The van der Waals surface area contributed by atoms with Gasteiger partial charge in [0.15, 0.2) is 0 Å². The summed E-state index contributed by atoms with van der Waals surface area (Å²) in [5, 5.41) is 10.7. The summed E-state index contributed by atoms with van der Waals surface area (Å²) in [5.41, 5.74) is 5.95. The van der Waals surface area contributed by atoms with Crippen LogP contribution in [0.1, 0.15) is 5.56 Å². The predicted molar refractivity (Wildman–Crippen MR) is 64.4 cm³/mol. The lowest BCUT2D eigenvalue weighted by Crippen LogP contribution is -1.95. The van der Waals surface area contributed by atoms with Gasteiger partial charge in [-0.05, 0) is 19.1 Å². The molecule has 0 aliphatic heterocycles. The number of benzene rings is 1. The molecule has 7 nitrogen and oxygen atoms in total. The molecule has 1 aromatic heterocycles. The van der Waals surface area contributed by atoms with Gasteiger partial charge in [0.1, 0.15) is 11.6 Å². The van der Waals surface area contributed by atoms with Gasteiger partial charge in [0.25, 0.3) is 5.69 Å². The number of hydrogen-bond donors (Lipinski definition) is 1. The second-order valence-corrected chi connectivity index (χ2v) is 3.59. The van der Waals surface area contributed by atoms with Crippen molar-refractivity contribution in [3.05, 3.63) is 46.3 Å². The number of nitrogen functional groups attached to an aromatic ring is 1. The monoisotopic (exact) mass is 246 g/mol. The molecule has 0 aliphatic rings.